The van der Waals surface area contributed by atoms with Gasteiger partial charge >= 0.3 is 0 Å². The van der Waals surface area contributed by atoms with Crippen LogP contribution in [0.3, 0.4) is 0 Å². The summed E-state index contributed by atoms with van der Waals surface area (Å²) < 4.78 is 0. The van der Waals surface area contributed by atoms with E-state index in [9.17, 15) is 0 Å². The van der Waals surface area contributed by atoms with Gasteiger partial charge in [-0.05, 0) is 46.4 Å². The summed E-state index contributed by atoms with van der Waals surface area (Å²) in [7, 11) is 4.55. The number of nitrogens with zero attached hydrogens (tertiary/aromatic N) is 2. The minimum Gasteiger partial charge on any atom is -0.304 e. The first-order valence-electron chi connectivity index (χ1n) is 5.13. The van der Waals surface area contributed by atoms with E-state index in [1.165, 1.54) is 45.3 Å². The number of hydrogen-bond acceptors (Lipinski definition) is 2. The standard InChI is InChI=1S/C10H20N2/c1-11-8-6-10(9-11)5-3-4-7-12(10)2/h3-9H2,1-2H3. The van der Waals surface area contributed by atoms with Gasteiger partial charge in [0.25, 0.3) is 0 Å². The van der Waals surface area contributed by atoms with Gasteiger partial charge in [-0.15, -0.1) is 0 Å². The van der Waals surface area contributed by atoms with Crippen LogP contribution >= 0.6 is 0 Å². The number of piperidine rings is 1. The highest BCUT2D eigenvalue weighted by Crippen LogP contribution is 2.34. The summed E-state index contributed by atoms with van der Waals surface area (Å²) in [5.41, 5.74) is 0.562. The van der Waals surface area contributed by atoms with Crippen LogP contribution in [0.4, 0.5) is 0 Å². The molecule has 2 heterocycles. The Kier molecular flexibility index (Phi) is 2.13. The van der Waals surface area contributed by atoms with Crippen LogP contribution in [0.5, 0.6) is 0 Å². The molecule has 0 aromatic carbocycles. The Bertz CT molecular complexity index is 165. The summed E-state index contributed by atoms with van der Waals surface area (Å²) in [6, 6.07) is 0. The Hall–Kier alpha value is -0.0800. The molecule has 1 unspecified atom stereocenters. The van der Waals surface area contributed by atoms with E-state index in [4.69, 9.17) is 0 Å². The highest BCUT2D eigenvalue weighted by molar-refractivity contribution is 4.98. The number of likely N-dealkylation sites (tertiary alicyclic amines) is 2. The summed E-state index contributed by atoms with van der Waals surface area (Å²) >= 11 is 0. The fraction of sp³-hybridized carbons (Fsp3) is 1.00. The van der Waals surface area contributed by atoms with Crippen LogP contribution in [0.1, 0.15) is 25.7 Å². The normalized spacial score (nSPS) is 39.5. The first-order chi connectivity index (χ1) is 5.73. The Morgan fingerprint density at radius 1 is 1.00 bits per heavy atom. The average molecular weight is 168 g/mol. The zero-order valence-corrected chi connectivity index (χ0v) is 8.34. The minimum atomic E-state index is 0.562. The van der Waals surface area contributed by atoms with E-state index in [-0.39, 0.29) is 0 Å². The molecule has 1 atom stereocenters. The van der Waals surface area contributed by atoms with Crippen LogP contribution in [-0.4, -0.2) is 49.1 Å². The Balaban J connectivity index is 2.07. The molecule has 2 fully saturated rings. The molecule has 2 nitrogen and oxygen atoms in total. The summed E-state index contributed by atoms with van der Waals surface area (Å²) in [6.45, 7) is 3.90. The zero-order chi connectivity index (χ0) is 8.60. The molecule has 2 saturated heterocycles. The maximum atomic E-state index is 2.60. The van der Waals surface area contributed by atoms with Crippen molar-refractivity contribution in [3.05, 3.63) is 0 Å². The van der Waals surface area contributed by atoms with E-state index < -0.39 is 0 Å². The molecule has 0 aromatic heterocycles. The van der Waals surface area contributed by atoms with Gasteiger partial charge in [0.15, 0.2) is 0 Å². The van der Waals surface area contributed by atoms with Gasteiger partial charge in [0, 0.05) is 12.1 Å². The average Bonchev–Trinajstić information content (AvgIpc) is 2.41. The SMILES string of the molecule is CN1CCC2(CCCCN2C)C1. The lowest BCUT2D eigenvalue weighted by Crippen LogP contribution is -2.51. The molecule has 0 amide bonds. The zero-order valence-electron chi connectivity index (χ0n) is 8.34. The molecule has 2 aliphatic heterocycles. The molecule has 1 spiro atoms. The van der Waals surface area contributed by atoms with Gasteiger partial charge in [0.05, 0.1) is 0 Å². The van der Waals surface area contributed by atoms with Gasteiger partial charge in [-0.3, -0.25) is 4.90 Å². The summed E-state index contributed by atoms with van der Waals surface area (Å²) in [5.74, 6) is 0. The molecule has 0 radical (unpaired) electrons. The lowest BCUT2D eigenvalue weighted by Gasteiger charge is -2.42. The van der Waals surface area contributed by atoms with Gasteiger partial charge in [-0.1, -0.05) is 6.42 Å². The molecule has 0 saturated carbocycles. The van der Waals surface area contributed by atoms with Gasteiger partial charge in [0.1, 0.15) is 0 Å². The molecule has 2 rings (SSSR count). The quantitative estimate of drug-likeness (QED) is 0.536. The first kappa shape index (κ1) is 8.52. The number of hydrogen-bond donors (Lipinski definition) is 0. The van der Waals surface area contributed by atoms with Gasteiger partial charge in [0.2, 0.25) is 0 Å². The Labute approximate surface area is 75.5 Å². The number of likely N-dealkylation sites (N-methyl/N-ethyl adjacent to an activating group) is 2. The predicted octanol–water partition coefficient (Wildman–Crippen LogP) is 1.18. The van der Waals surface area contributed by atoms with Crippen LogP contribution < -0.4 is 0 Å². The molecule has 2 heteroatoms. The fourth-order valence-electron chi connectivity index (χ4n) is 2.81. The van der Waals surface area contributed by atoms with Crippen molar-refractivity contribution < 1.29 is 0 Å². The van der Waals surface area contributed by atoms with Crippen molar-refractivity contribution in [1.82, 2.24) is 9.80 Å². The maximum absolute atomic E-state index is 2.60. The van der Waals surface area contributed by atoms with Gasteiger partial charge < -0.3 is 4.90 Å². The molecule has 12 heavy (non-hydrogen) atoms. The van der Waals surface area contributed by atoms with E-state index in [0.29, 0.717) is 5.54 Å². The Morgan fingerprint density at radius 2 is 1.83 bits per heavy atom. The highest BCUT2D eigenvalue weighted by atomic mass is 15.3. The maximum Gasteiger partial charge on any atom is 0.0345 e. The molecular weight excluding hydrogens is 148 g/mol. The summed E-state index contributed by atoms with van der Waals surface area (Å²) in [5, 5.41) is 0. The van der Waals surface area contributed by atoms with Crippen molar-refractivity contribution in [2.45, 2.75) is 31.2 Å². The van der Waals surface area contributed by atoms with Crippen LogP contribution in [-0.2, 0) is 0 Å². The second-order valence-electron chi connectivity index (χ2n) is 4.59. The molecule has 0 aliphatic carbocycles. The van der Waals surface area contributed by atoms with Crippen molar-refractivity contribution in [2.75, 3.05) is 33.7 Å². The van der Waals surface area contributed by atoms with Crippen LogP contribution in [0.15, 0.2) is 0 Å². The van der Waals surface area contributed by atoms with Crippen molar-refractivity contribution in [2.24, 2.45) is 0 Å². The van der Waals surface area contributed by atoms with Crippen molar-refractivity contribution in [3.63, 3.8) is 0 Å². The van der Waals surface area contributed by atoms with E-state index in [0.717, 1.165) is 0 Å². The topological polar surface area (TPSA) is 6.48 Å². The lowest BCUT2D eigenvalue weighted by atomic mass is 9.86. The van der Waals surface area contributed by atoms with Crippen LogP contribution in [0.2, 0.25) is 0 Å². The monoisotopic (exact) mass is 168 g/mol. The van der Waals surface area contributed by atoms with Crippen LogP contribution in [0.25, 0.3) is 0 Å². The minimum absolute atomic E-state index is 0.562. The van der Waals surface area contributed by atoms with Crippen LogP contribution in [0, 0.1) is 0 Å². The van der Waals surface area contributed by atoms with E-state index in [1.807, 2.05) is 0 Å². The summed E-state index contributed by atoms with van der Waals surface area (Å²) in [4.78, 5) is 5.07. The largest absolute Gasteiger partial charge is 0.304 e. The fourth-order valence-corrected chi connectivity index (χ4v) is 2.81. The van der Waals surface area contributed by atoms with Crippen molar-refractivity contribution in [1.29, 1.82) is 0 Å². The highest BCUT2D eigenvalue weighted by Gasteiger charge is 2.41. The van der Waals surface area contributed by atoms with Gasteiger partial charge in [-0.25, -0.2) is 0 Å². The van der Waals surface area contributed by atoms with Crippen molar-refractivity contribution in [3.8, 4) is 0 Å². The van der Waals surface area contributed by atoms with E-state index in [2.05, 4.69) is 23.9 Å². The smallest absolute Gasteiger partial charge is 0.0345 e. The predicted molar refractivity (Wildman–Crippen MR) is 51.3 cm³/mol. The summed E-state index contributed by atoms with van der Waals surface area (Å²) in [6.07, 6.45) is 5.66. The molecular formula is C10H20N2. The number of rotatable bonds is 0. The third-order valence-electron chi connectivity index (χ3n) is 3.72. The van der Waals surface area contributed by atoms with E-state index >= 15 is 0 Å². The molecule has 0 bridgehead atoms. The van der Waals surface area contributed by atoms with E-state index in [1.54, 1.807) is 0 Å². The van der Waals surface area contributed by atoms with Crippen molar-refractivity contribution >= 4 is 0 Å². The molecule has 2 aliphatic rings. The second kappa shape index (κ2) is 3.00. The third-order valence-corrected chi connectivity index (χ3v) is 3.72. The molecule has 0 N–H and O–H groups in total. The Morgan fingerprint density at radius 3 is 2.42 bits per heavy atom. The molecule has 70 valence electrons. The first-order valence-corrected chi connectivity index (χ1v) is 5.13. The van der Waals surface area contributed by atoms with Gasteiger partial charge in [-0.2, -0.15) is 0 Å². The lowest BCUT2D eigenvalue weighted by molar-refractivity contribution is 0.0821. The second-order valence-corrected chi connectivity index (χ2v) is 4.59. The molecule has 0 aromatic rings. The third kappa shape index (κ3) is 1.27.